The first-order valence-electron chi connectivity index (χ1n) is 6.45. The predicted molar refractivity (Wildman–Crippen MR) is 84.3 cm³/mol. The maximum Gasteiger partial charge on any atom is 0.234 e. The van der Waals surface area contributed by atoms with E-state index in [1.807, 2.05) is 60.7 Å². The molecule has 0 aromatic heterocycles. The zero-order chi connectivity index (χ0) is 14.0. The van der Waals surface area contributed by atoms with Crippen LogP contribution >= 0.6 is 11.8 Å². The van der Waals surface area contributed by atoms with Crippen molar-refractivity contribution < 1.29 is 9.53 Å². The van der Waals surface area contributed by atoms with Gasteiger partial charge in [-0.3, -0.25) is 4.79 Å². The van der Waals surface area contributed by atoms with Gasteiger partial charge in [0.25, 0.3) is 0 Å². The van der Waals surface area contributed by atoms with Crippen molar-refractivity contribution in [3.8, 4) is 5.75 Å². The third kappa shape index (κ3) is 5.36. The average molecular weight is 287 g/mol. The number of amides is 1. The molecule has 0 heterocycles. The van der Waals surface area contributed by atoms with Crippen LogP contribution in [-0.4, -0.2) is 24.0 Å². The molecule has 0 radical (unpaired) electrons. The summed E-state index contributed by atoms with van der Waals surface area (Å²) in [5, 5.41) is 2.85. The van der Waals surface area contributed by atoms with Crippen molar-refractivity contribution in [2.45, 2.75) is 0 Å². The number of thioether (sulfide) groups is 1. The topological polar surface area (TPSA) is 38.3 Å². The molecule has 0 saturated heterocycles. The Morgan fingerprint density at radius 2 is 1.65 bits per heavy atom. The molecule has 4 heteroatoms. The van der Waals surface area contributed by atoms with Crippen LogP contribution in [0.2, 0.25) is 0 Å². The van der Waals surface area contributed by atoms with E-state index in [4.69, 9.17) is 4.74 Å². The van der Waals surface area contributed by atoms with Crippen LogP contribution in [0.15, 0.2) is 60.7 Å². The molecule has 1 N–H and O–H groups in total. The number of para-hydroxylation sites is 2. The molecule has 0 spiro atoms. The number of carbonyl (C=O) groups excluding carboxylic acids is 1. The highest BCUT2D eigenvalue weighted by Gasteiger charge is 2.02. The van der Waals surface area contributed by atoms with E-state index < -0.39 is 0 Å². The van der Waals surface area contributed by atoms with Crippen molar-refractivity contribution in [3.63, 3.8) is 0 Å². The SMILES string of the molecule is O=C(CSCCOc1ccccc1)Nc1ccccc1. The van der Waals surface area contributed by atoms with E-state index in [9.17, 15) is 4.79 Å². The standard InChI is InChI=1S/C16H17NO2S/c18-16(17-14-7-3-1-4-8-14)13-20-12-11-19-15-9-5-2-6-10-15/h1-10H,11-13H2,(H,17,18). The van der Waals surface area contributed by atoms with Gasteiger partial charge in [-0.05, 0) is 24.3 Å². The van der Waals surface area contributed by atoms with Crippen LogP contribution in [0.3, 0.4) is 0 Å². The minimum atomic E-state index is 0.0147. The van der Waals surface area contributed by atoms with Crippen LogP contribution in [-0.2, 0) is 4.79 Å². The number of ether oxygens (including phenoxy) is 1. The van der Waals surface area contributed by atoms with E-state index >= 15 is 0 Å². The summed E-state index contributed by atoms with van der Waals surface area (Å²) in [6, 6.07) is 19.2. The third-order valence-electron chi connectivity index (χ3n) is 2.53. The molecule has 0 fully saturated rings. The van der Waals surface area contributed by atoms with Gasteiger partial charge in [-0.1, -0.05) is 36.4 Å². The van der Waals surface area contributed by atoms with Crippen LogP contribution in [0.5, 0.6) is 5.75 Å². The molecule has 104 valence electrons. The van der Waals surface area contributed by atoms with Crippen molar-refractivity contribution in [2.75, 3.05) is 23.4 Å². The van der Waals surface area contributed by atoms with Crippen molar-refractivity contribution in [1.29, 1.82) is 0 Å². The van der Waals surface area contributed by atoms with Crippen molar-refractivity contribution in [1.82, 2.24) is 0 Å². The summed E-state index contributed by atoms with van der Waals surface area (Å²) < 4.78 is 5.55. The molecular formula is C16H17NO2S. The van der Waals surface area contributed by atoms with Gasteiger partial charge in [0.15, 0.2) is 0 Å². The van der Waals surface area contributed by atoms with E-state index in [-0.39, 0.29) is 5.91 Å². The lowest BCUT2D eigenvalue weighted by molar-refractivity contribution is -0.113. The molecule has 0 aliphatic heterocycles. The number of carbonyl (C=O) groups is 1. The summed E-state index contributed by atoms with van der Waals surface area (Å²) in [6.07, 6.45) is 0. The number of rotatable bonds is 7. The molecule has 0 aliphatic carbocycles. The smallest absolute Gasteiger partial charge is 0.234 e. The first kappa shape index (κ1) is 14.5. The quantitative estimate of drug-likeness (QED) is 0.793. The second kappa shape index (κ2) is 8.27. The maximum absolute atomic E-state index is 11.7. The number of hydrogen-bond donors (Lipinski definition) is 1. The molecule has 1 amide bonds. The summed E-state index contributed by atoms with van der Waals surface area (Å²) in [5.74, 6) is 2.10. The van der Waals surface area contributed by atoms with E-state index in [2.05, 4.69) is 5.32 Å². The summed E-state index contributed by atoms with van der Waals surface area (Å²) in [7, 11) is 0. The van der Waals surface area contributed by atoms with Gasteiger partial charge in [-0.2, -0.15) is 0 Å². The van der Waals surface area contributed by atoms with Crippen LogP contribution in [0.25, 0.3) is 0 Å². The molecule has 0 unspecified atom stereocenters. The molecular weight excluding hydrogens is 270 g/mol. The number of benzene rings is 2. The molecule has 0 atom stereocenters. The molecule has 2 aromatic carbocycles. The van der Waals surface area contributed by atoms with E-state index in [0.29, 0.717) is 12.4 Å². The fraction of sp³-hybridized carbons (Fsp3) is 0.188. The number of nitrogens with one attached hydrogen (secondary N) is 1. The van der Waals surface area contributed by atoms with Crippen LogP contribution in [0.4, 0.5) is 5.69 Å². The number of hydrogen-bond acceptors (Lipinski definition) is 3. The van der Waals surface area contributed by atoms with Gasteiger partial charge in [-0.15, -0.1) is 11.8 Å². The lowest BCUT2D eigenvalue weighted by Crippen LogP contribution is -2.15. The number of anilines is 1. The molecule has 0 aliphatic rings. The van der Waals surface area contributed by atoms with E-state index in [1.54, 1.807) is 11.8 Å². The van der Waals surface area contributed by atoms with E-state index in [0.717, 1.165) is 17.2 Å². The summed E-state index contributed by atoms with van der Waals surface area (Å²) in [6.45, 7) is 0.604. The summed E-state index contributed by atoms with van der Waals surface area (Å²) >= 11 is 1.56. The fourth-order valence-corrected chi connectivity index (χ4v) is 2.22. The first-order valence-corrected chi connectivity index (χ1v) is 7.60. The lowest BCUT2D eigenvalue weighted by Gasteiger charge is -2.06. The molecule has 3 nitrogen and oxygen atoms in total. The van der Waals surface area contributed by atoms with Gasteiger partial charge in [0.1, 0.15) is 5.75 Å². The minimum absolute atomic E-state index is 0.0147. The van der Waals surface area contributed by atoms with Gasteiger partial charge >= 0.3 is 0 Å². The van der Waals surface area contributed by atoms with Crippen molar-refractivity contribution in [3.05, 3.63) is 60.7 Å². The van der Waals surface area contributed by atoms with Gasteiger partial charge in [-0.25, -0.2) is 0 Å². The van der Waals surface area contributed by atoms with Crippen molar-refractivity contribution >= 4 is 23.4 Å². The van der Waals surface area contributed by atoms with Gasteiger partial charge in [0, 0.05) is 11.4 Å². The predicted octanol–water partition coefficient (Wildman–Crippen LogP) is 3.44. The minimum Gasteiger partial charge on any atom is -0.493 e. The zero-order valence-corrected chi connectivity index (χ0v) is 11.9. The van der Waals surface area contributed by atoms with Crippen molar-refractivity contribution in [2.24, 2.45) is 0 Å². The Hall–Kier alpha value is -1.94. The molecule has 2 rings (SSSR count). The van der Waals surface area contributed by atoms with Gasteiger partial charge < -0.3 is 10.1 Å². The highest BCUT2D eigenvalue weighted by atomic mass is 32.2. The summed E-state index contributed by atoms with van der Waals surface area (Å²) in [5.41, 5.74) is 0.832. The van der Waals surface area contributed by atoms with Crippen LogP contribution < -0.4 is 10.1 Å². The Morgan fingerprint density at radius 3 is 2.35 bits per heavy atom. The normalized spacial score (nSPS) is 10.0. The van der Waals surface area contributed by atoms with Gasteiger partial charge in [0.05, 0.1) is 12.4 Å². The zero-order valence-electron chi connectivity index (χ0n) is 11.1. The largest absolute Gasteiger partial charge is 0.493 e. The Kier molecular flexibility index (Phi) is 5.99. The highest BCUT2D eigenvalue weighted by Crippen LogP contribution is 2.10. The highest BCUT2D eigenvalue weighted by molar-refractivity contribution is 7.99. The monoisotopic (exact) mass is 287 g/mol. The third-order valence-corrected chi connectivity index (χ3v) is 3.45. The van der Waals surface area contributed by atoms with Crippen LogP contribution in [0.1, 0.15) is 0 Å². The Bertz CT molecular complexity index is 517. The van der Waals surface area contributed by atoms with Crippen LogP contribution in [0, 0.1) is 0 Å². The Balaban J connectivity index is 1.58. The summed E-state index contributed by atoms with van der Waals surface area (Å²) in [4.78, 5) is 11.7. The first-order chi connectivity index (χ1) is 9.84. The Morgan fingerprint density at radius 1 is 1.00 bits per heavy atom. The lowest BCUT2D eigenvalue weighted by atomic mass is 10.3. The molecule has 0 saturated carbocycles. The maximum atomic E-state index is 11.7. The molecule has 20 heavy (non-hydrogen) atoms. The second-order valence-electron chi connectivity index (χ2n) is 4.13. The van der Waals surface area contributed by atoms with E-state index in [1.165, 1.54) is 0 Å². The Labute approximate surface area is 123 Å². The van der Waals surface area contributed by atoms with Gasteiger partial charge in [0.2, 0.25) is 5.91 Å². The molecule has 2 aromatic rings. The average Bonchev–Trinajstić information content (AvgIpc) is 2.49. The second-order valence-corrected chi connectivity index (χ2v) is 5.23. The fourth-order valence-electron chi connectivity index (χ4n) is 1.62. The molecule has 0 bridgehead atoms.